The standard InChI is InChI=1S/C28H29N3O4/c1-4-34-22-15-18-11-13-31-26(21(18)16-23(22)35-5-2)25(19-8-6-7-9-20(19)28(31)33)27(32)30-24-14-17(3)10-12-29-24/h6-10,12,14-16,25-26H,4-5,11,13H2,1-3H3,(H,29,30,32). The lowest BCUT2D eigenvalue weighted by molar-refractivity contribution is -0.119. The van der Waals surface area contributed by atoms with E-state index in [1.165, 1.54) is 0 Å². The SMILES string of the molecule is CCOc1cc2c(cc1OCC)C1C(C(=O)Nc3cc(C)ccn3)c3ccccc3C(=O)N1CC2. The summed E-state index contributed by atoms with van der Waals surface area (Å²) in [6.07, 6.45) is 2.36. The monoisotopic (exact) mass is 471 g/mol. The van der Waals surface area contributed by atoms with Gasteiger partial charge >= 0.3 is 0 Å². The highest BCUT2D eigenvalue weighted by Crippen LogP contribution is 2.48. The summed E-state index contributed by atoms with van der Waals surface area (Å²) in [5.41, 5.74) is 4.29. The molecule has 1 aromatic heterocycles. The van der Waals surface area contributed by atoms with Crippen LogP contribution in [0.3, 0.4) is 0 Å². The summed E-state index contributed by atoms with van der Waals surface area (Å²) in [6.45, 7) is 7.35. The fraction of sp³-hybridized carbons (Fsp3) is 0.321. The predicted molar refractivity (Wildman–Crippen MR) is 133 cm³/mol. The molecular weight excluding hydrogens is 442 g/mol. The third-order valence-electron chi connectivity index (χ3n) is 6.63. The van der Waals surface area contributed by atoms with Crippen LogP contribution in [0.2, 0.25) is 0 Å². The van der Waals surface area contributed by atoms with Crippen LogP contribution in [0.5, 0.6) is 11.5 Å². The van der Waals surface area contributed by atoms with Gasteiger partial charge in [0.25, 0.3) is 5.91 Å². The molecule has 0 aliphatic carbocycles. The molecule has 0 bridgehead atoms. The Morgan fingerprint density at radius 1 is 1.06 bits per heavy atom. The van der Waals surface area contributed by atoms with Crippen molar-refractivity contribution in [3.05, 3.63) is 82.5 Å². The van der Waals surface area contributed by atoms with Crippen LogP contribution in [0.15, 0.2) is 54.7 Å². The number of rotatable bonds is 6. The number of hydrogen-bond donors (Lipinski definition) is 1. The fourth-order valence-corrected chi connectivity index (χ4v) is 5.16. The van der Waals surface area contributed by atoms with Crippen molar-refractivity contribution in [2.75, 3.05) is 25.1 Å². The molecule has 5 rings (SSSR count). The van der Waals surface area contributed by atoms with E-state index < -0.39 is 12.0 Å². The highest BCUT2D eigenvalue weighted by molar-refractivity contribution is 6.04. The zero-order valence-electron chi connectivity index (χ0n) is 20.2. The summed E-state index contributed by atoms with van der Waals surface area (Å²) < 4.78 is 11.7. The van der Waals surface area contributed by atoms with Crippen molar-refractivity contribution in [2.24, 2.45) is 0 Å². The van der Waals surface area contributed by atoms with Crippen LogP contribution in [0.1, 0.15) is 58.4 Å². The lowest BCUT2D eigenvalue weighted by Gasteiger charge is -2.45. The van der Waals surface area contributed by atoms with E-state index in [0.29, 0.717) is 49.1 Å². The van der Waals surface area contributed by atoms with Crippen molar-refractivity contribution in [1.29, 1.82) is 0 Å². The van der Waals surface area contributed by atoms with Gasteiger partial charge in [-0.3, -0.25) is 9.59 Å². The van der Waals surface area contributed by atoms with E-state index in [4.69, 9.17) is 9.47 Å². The number of fused-ring (bicyclic) bond motifs is 4. The molecule has 7 heteroatoms. The number of hydrogen-bond acceptors (Lipinski definition) is 5. The van der Waals surface area contributed by atoms with Gasteiger partial charge in [-0.2, -0.15) is 0 Å². The van der Waals surface area contributed by atoms with Gasteiger partial charge < -0.3 is 19.7 Å². The molecule has 0 saturated carbocycles. The van der Waals surface area contributed by atoms with Gasteiger partial charge in [-0.1, -0.05) is 18.2 Å². The van der Waals surface area contributed by atoms with E-state index in [0.717, 1.165) is 22.3 Å². The molecule has 2 aliphatic rings. The molecule has 3 aromatic rings. The maximum Gasteiger partial charge on any atom is 0.254 e. The maximum absolute atomic E-state index is 13.8. The van der Waals surface area contributed by atoms with Crippen LogP contribution >= 0.6 is 0 Å². The normalized spacial score (nSPS) is 18.3. The highest BCUT2D eigenvalue weighted by atomic mass is 16.5. The van der Waals surface area contributed by atoms with Crippen LogP contribution < -0.4 is 14.8 Å². The van der Waals surface area contributed by atoms with Crippen molar-refractivity contribution in [3.8, 4) is 11.5 Å². The van der Waals surface area contributed by atoms with Crippen molar-refractivity contribution >= 4 is 17.6 Å². The molecule has 1 N–H and O–H groups in total. The number of ether oxygens (including phenoxy) is 2. The maximum atomic E-state index is 13.8. The van der Waals surface area contributed by atoms with Crippen LogP contribution in [-0.4, -0.2) is 41.5 Å². The number of aryl methyl sites for hydroxylation is 1. The van der Waals surface area contributed by atoms with Crippen LogP contribution in [0, 0.1) is 6.92 Å². The number of nitrogens with one attached hydrogen (secondary N) is 1. The first kappa shape index (κ1) is 22.9. The van der Waals surface area contributed by atoms with Gasteiger partial charge in [-0.05, 0) is 79.8 Å². The van der Waals surface area contributed by atoms with Gasteiger partial charge in [0.15, 0.2) is 11.5 Å². The van der Waals surface area contributed by atoms with Crippen molar-refractivity contribution in [1.82, 2.24) is 9.88 Å². The van der Waals surface area contributed by atoms with Crippen LogP contribution in [0.4, 0.5) is 5.82 Å². The van der Waals surface area contributed by atoms with Gasteiger partial charge in [0, 0.05) is 18.3 Å². The minimum atomic E-state index is -0.599. The van der Waals surface area contributed by atoms with Crippen LogP contribution in [-0.2, 0) is 11.2 Å². The Balaban J connectivity index is 1.64. The largest absolute Gasteiger partial charge is 0.490 e. The van der Waals surface area contributed by atoms with E-state index in [9.17, 15) is 9.59 Å². The van der Waals surface area contributed by atoms with E-state index in [-0.39, 0.29) is 11.8 Å². The number of anilines is 1. The molecule has 2 unspecified atom stereocenters. The Kier molecular flexibility index (Phi) is 6.16. The number of aromatic nitrogens is 1. The van der Waals surface area contributed by atoms with Crippen molar-refractivity contribution < 1.29 is 19.1 Å². The zero-order chi connectivity index (χ0) is 24.5. The Morgan fingerprint density at radius 2 is 1.80 bits per heavy atom. The van der Waals surface area contributed by atoms with Gasteiger partial charge in [0.2, 0.25) is 5.91 Å². The third kappa shape index (κ3) is 4.11. The molecule has 3 heterocycles. The first-order valence-electron chi connectivity index (χ1n) is 12.1. The number of pyridine rings is 1. The molecule has 7 nitrogen and oxygen atoms in total. The van der Waals surface area contributed by atoms with Gasteiger partial charge in [0.1, 0.15) is 5.82 Å². The summed E-state index contributed by atoms with van der Waals surface area (Å²) in [5, 5.41) is 3.00. The first-order valence-corrected chi connectivity index (χ1v) is 12.1. The average molecular weight is 472 g/mol. The minimum absolute atomic E-state index is 0.0548. The van der Waals surface area contributed by atoms with E-state index in [1.807, 2.05) is 68.1 Å². The summed E-state index contributed by atoms with van der Waals surface area (Å²) in [5.74, 6) is 0.958. The highest BCUT2D eigenvalue weighted by Gasteiger charge is 2.46. The lowest BCUT2D eigenvalue weighted by atomic mass is 9.75. The first-order chi connectivity index (χ1) is 17.0. The van der Waals surface area contributed by atoms with Gasteiger partial charge in [-0.15, -0.1) is 0 Å². The van der Waals surface area contributed by atoms with Crippen LogP contribution in [0.25, 0.3) is 0 Å². The number of benzene rings is 2. The summed E-state index contributed by atoms with van der Waals surface area (Å²) in [6, 6.07) is 14.6. The molecule has 2 atom stereocenters. The third-order valence-corrected chi connectivity index (χ3v) is 6.63. The number of amides is 2. The summed E-state index contributed by atoms with van der Waals surface area (Å²) in [7, 11) is 0. The van der Waals surface area contributed by atoms with Crippen molar-refractivity contribution in [2.45, 2.75) is 39.2 Å². The molecule has 2 aliphatic heterocycles. The second-order valence-electron chi connectivity index (χ2n) is 8.83. The number of carbonyl (C=O) groups is 2. The van der Waals surface area contributed by atoms with E-state index in [1.54, 1.807) is 12.3 Å². The number of carbonyl (C=O) groups excluding carboxylic acids is 2. The molecule has 0 radical (unpaired) electrons. The average Bonchev–Trinajstić information content (AvgIpc) is 2.85. The summed E-state index contributed by atoms with van der Waals surface area (Å²) in [4.78, 5) is 33.5. The molecule has 2 amide bonds. The Morgan fingerprint density at radius 3 is 2.54 bits per heavy atom. The smallest absolute Gasteiger partial charge is 0.254 e. The molecule has 0 spiro atoms. The molecule has 35 heavy (non-hydrogen) atoms. The summed E-state index contributed by atoms with van der Waals surface area (Å²) >= 11 is 0. The predicted octanol–water partition coefficient (Wildman–Crippen LogP) is 4.66. The Bertz CT molecular complexity index is 1290. The zero-order valence-corrected chi connectivity index (χ0v) is 20.2. The van der Waals surface area contributed by atoms with Crippen molar-refractivity contribution in [3.63, 3.8) is 0 Å². The quantitative estimate of drug-likeness (QED) is 0.565. The molecular formula is C28H29N3O4. The Labute approximate surface area is 205 Å². The topological polar surface area (TPSA) is 80.8 Å². The molecule has 2 aromatic carbocycles. The molecule has 0 saturated heterocycles. The lowest BCUT2D eigenvalue weighted by Crippen LogP contribution is -2.49. The second-order valence-corrected chi connectivity index (χ2v) is 8.83. The van der Waals surface area contributed by atoms with Gasteiger partial charge in [0.05, 0.1) is 25.2 Å². The molecule has 180 valence electrons. The number of nitrogens with zero attached hydrogens (tertiary/aromatic N) is 2. The van der Waals surface area contributed by atoms with E-state index in [2.05, 4.69) is 10.3 Å². The second kappa shape index (κ2) is 9.41. The molecule has 0 fully saturated rings. The van der Waals surface area contributed by atoms with E-state index >= 15 is 0 Å². The minimum Gasteiger partial charge on any atom is -0.490 e. The Hall–Kier alpha value is -3.87. The van der Waals surface area contributed by atoms with Gasteiger partial charge in [-0.25, -0.2) is 4.98 Å². The fourth-order valence-electron chi connectivity index (χ4n) is 5.16.